The molecular weight excluding hydrogens is 216 g/mol. The van der Waals surface area contributed by atoms with Gasteiger partial charge in [-0.1, -0.05) is 0 Å². The lowest BCUT2D eigenvalue weighted by atomic mass is 10.0. The monoisotopic (exact) mass is 232 g/mol. The molecule has 0 aromatic carbocycles. The SMILES string of the molecule is Cc1oc(C)c(C(=O)Cc2cnn(C)c2)c1C. The number of ketones is 1. The van der Waals surface area contributed by atoms with E-state index in [0.717, 1.165) is 16.9 Å². The molecule has 17 heavy (non-hydrogen) atoms. The molecule has 0 unspecified atom stereocenters. The summed E-state index contributed by atoms with van der Waals surface area (Å²) in [5, 5.41) is 4.05. The van der Waals surface area contributed by atoms with Crippen LogP contribution in [-0.2, 0) is 13.5 Å². The second-order valence-corrected chi connectivity index (χ2v) is 4.34. The molecule has 0 amide bonds. The van der Waals surface area contributed by atoms with Crippen molar-refractivity contribution in [1.82, 2.24) is 9.78 Å². The normalized spacial score (nSPS) is 10.8. The number of hydrogen-bond donors (Lipinski definition) is 0. The van der Waals surface area contributed by atoms with Gasteiger partial charge in [0.05, 0.1) is 11.8 Å². The zero-order valence-electron chi connectivity index (χ0n) is 10.6. The third-order valence-electron chi connectivity index (χ3n) is 2.96. The molecule has 4 nitrogen and oxygen atoms in total. The zero-order valence-corrected chi connectivity index (χ0v) is 10.6. The quantitative estimate of drug-likeness (QED) is 0.763. The number of carbonyl (C=O) groups excluding carboxylic acids is 1. The summed E-state index contributed by atoms with van der Waals surface area (Å²) in [6.45, 7) is 5.63. The van der Waals surface area contributed by atoms with Gasteiger partial charge in [0.2, 0.25) is 0 Å². The van der Waals surface area contributed by atoms with Crippen molar-refractivity contribution < 1.29 is 9.21 Å². The summed E-state index contributed by atoms with van der Waals surface area (Å²) in [5.74, 6) is 1.61. The van der Waals surface area contributed by atoms with Crippen molar-refractivity contribution in [2.75, 3.05) is 0 Å². The predicted molar refractivity (Wildman–Crippen MR) is 64.2 cm³/mol. The Morgan fingerprint density at radius 3 is 2.53 bits per heavy atom. The number of carbonyl (C=O) groups is 1. The molecule has 0 N–H and O–H groups in total. The van der Waals surface area contributed by atoms with Gasteiger partial charge in [-0.2, -0.15) is 5.10 Å². The molecule has 90 valence electrons. The molecule has 4 heteroatoms. The van der Waals surface area contributed by atoms with Crippen LogP contribution in [0.5, 0.6) is 0 Å². The van der Waals surface area contributed by atoms with Gasteiger partial charge >= 0.3 is 0 Å². The van der Waals surface area contributed by atoms with Crippen molar-refractivity contribution in [3.05, 3.63) is 40.6 Å². The van der Waals surface area contributed by atoms with Gasteiger partial charge in [0.25, 0.3) is 0 Å². The summed E-state index contributed by atoms with van der Waals surface area (Å²) >= 11 is 0. The van der Waals surface area contributed by atoms with Gasteiger partial charge in [0.15, 0.2) is 5.78 Å². The Labute approximate surface area is 100 Å². The van der Waals surface area contributed by atoms with Crippen LogP contribution in [0, 0.1) is 20.8 Å². The molecule has 0 saturated carbocycles. The van der Waals surface area contributed by atoms with E-state index in [0.29, 0.717) is 17.7 Å². The summed E-state index contributed by atoms with van der Waals surface area (Å²) in [7, 11) is 1.84. The van der Waals surface area contributed by atoms with Crippen LogP contribution in [0.2, 0.25) is 0 Å². The molecule has 2 heterocycles. The van der Waals surface area contributed by atoms with Crippen LogP contribution < -0.4 is 0 Å². The smallest absolute Gasteiger partial charge is 0.171 e. The topological polar surface area (TPSA) is 48.0 Å². The highest BCUT2D eigenvalue weighted by Gasteiger charge is 2.18. The van der Waals surface area contributed by atoms with E-state index in [-0.39, 0.29) is 5.78 Å². The van der Waals surface area contributed by atoms with E-state index in [1.165, 1.54) is 0 Å². The lowest BCUT2D eigenvalue weighted by Crippen LogP contribution is -2.05. The van der Waals surface area contributed by atoms with Crippen LogP contribution >= 0.6 is 0 Å². The summed E-state index contributed by atoms with van der Waals surface area (Å²) < 4.78 is 7.17. The molecule has 2 rings (SSSR count). The van der Waals surface area contributed by atoms with Crippen molar-refractivity contribution in [2.45, 2.75) is 27.2 Å². The summed E-state index contributed by atoms with van der Waals surface area (Å²) in [4.78, 5) is 12.2. The molecule has 0 spiro atoms. The van der Waals surface area contributed by atoms with Gasteiger partial charge in [-0.3, -0.25) is 9.48 Å². The molecule has 0 radical (unpaired) electrons. The van der Waals surface area contributed by atoms with Gasteiger partial charge < -0.3 is 4.42 Å². The third-order valence-corrected chi connectivity index (χ3v) is 2.96. The largest absolute Gasteiger partial charge is 0.466 e. The van der Waals surface area contributed by atoms with Gasteiger partial charge in [0, 0.05) is 25.2 Å². The molecule has 2 aromatic rings. The fraction of sp³-hybridized carbons (Fsp3) is 0.385. The minimum atomic E-state index is 0.0878. The molecule has 0 aliphatic carbocycles. The van der Waals surface area contributed by atoms with Gasteiger partial charge in [-0.25, -0.2) is 0 Å². The average Bonchev–Trinajstić information content (AvgIpc) is 2.73. The number of nitrogens with zero attached hydrogens (tertiary/aromatic N) is 2. The number of hydrogen-bond acceptors (Lipinski definition) is 3. The number of Topliss-reactive ketones (excluding diaryl/α,β-unsaturated/α-hetero) is 1. The average molecular weight is 232 g/mol. The molecule has 0 bridgehead atoms. The lowest BCUT2D eigenvalue weighted by molar-refractivity contribution is 0.0991. The summed E-state index contributed by atoms with van der Waals surface area (Å²) in [6.07, 6.45) is 3.94. The van der Waals surface area contributed by atoms with E-state index in [2.05, 4.69) is 5.10 Å². The first-order chi connectivity index (χ1) is 7.99. The Morgan fingerprint density at radius 2 is 2.06 bits per heavy atom. The Balaban J connectivity index is 2.26. The maximum Gasteiger partial charge on any atom is 0.171 e. The fourth-order valence-electron chi connectivity index (χ4n) is 2.04. The van der Waals surface area contributed by atoms with Crippen LogP contribution in [0.25, 0.3) is 0 Å². The van der Waals surface area contributed by atoms with E-state index in [9.17, 15) is 4.79 Å². The molecule has 0 aliphatic heterocycles. The molecule has 0 aliphatic rings. The van der Waals surface area contributed by atoms with Crippen LogP contribution in [0.15, 0.2) is 16.8 Å². The minimum absolute atomic E-state index is 0.0878. The fourth-order valence-corrected chi connectivity index (χ4v) is 2.04. The maximum absolute atomic E-state index is 12.2. The van der Waals surface area contributed by atoms with Crippen molar-refractivity contribution in [3.8, 4) is 0 Å². The summed E-state index contributed by atoms with van der Waals surface area (Å²) in [6, 6.07) is 0. The van der Waals surface area contributed by atoms with Crippen molar-refractivity contribution >= 4 is 5.78 Å². The van der Waals surface area contributed by atoms with Gasteiger partial charge in [-0.05, 0) is 26.3 Å². The second-order valence-electron chi connectivity index (χ2n) is 4.34. The van der Waals surface area contributed by atoms with Crippen molar-refractivity contribution in [3.63, 3.8) is 0 Å². The molecule has 2 aromatic heterocycles. The van der Waals surface area contributed by atoms with Crippen molar-refractivity contribution in [2.24, 2.45) is 7.05 Å². The van der Waals surface area contributed by atoms with E-state index in [1.807, 2.05) is 34.0 Å². The Kier molecular flexibility index (Phi) is 2.88. The van der Waals surface area contributed by atoms with E-state index in [4.69, 9.17) is 4.42 Å². The first-order valence-electron chi connectivity index (χ1n) is 5.56. The molecule has 0 saturated heterocycles. The number of furan rings is 1. The third kappa shape index (κ3) is 2.16. The van der Waals surface area contributed by atoms with Crippen LogP contribution in [0.1, 0.15) is 33.0 Å². The number of aromatic nitrogens is 2. The highest BCUT2D eigenvalue weighted by molar-refractivity contribution is 5.99. The van der Waals surface area contributed by atoms with Crippen molar-refractivity contribution in [1.29, 1.82) is 0 Å². The number of rotatable bonds is 3. The minimum Gasteiger partial charge on any atom is -0.466 e. The second kappa shape index (κ2) is 4.20. The van der Waals surface area contributed by atoms with Crippen LogP contribution in [0.4, 0.5) is 0 Å². The molecule has 0 atom stereocenters. The Bertz CT molecular complexity index is 564. The summed E-state index contributed by atoms with van der Waals surface area (Å²) in [5.41, 5.74) is 2.58. The Morgan fingerprint density at radius 1 is 1.35 bits per heavy atom. The highest BCUT2D eigenvalue weighted by Crippen LogP contribution is 2.22. The van der Waals surface area contributed by atoms with E-state index >= 15 is 0 Å². The standard InChI is InChI=1S/C13H16N2O2/c1-8-9(2)17-10(3)13(8)12(16)5-11-6-14-15(4)7-11/h6-7H,5H2,1-4H3. The highest BCUT2D eigenvalue weighted by atomic mass is 16.3. The maximum atomic E-state index is 12.2. The van der Waals surface area contributed by atoms with Crippen LogP contribution in [0.3, 0.4) is 0 Å². The van der Waals surface area contributed by atoms with E-state index in [1.54, 1.807) is 10.9 Å². The van der Waals surface area contributed by atoms with Crippen LogP contribution in [-0.4, -0.2) is 15.6 Å². The number of aryl methyl sites for hydroxylation is 3. The lowest BCUT2D eigenvalue weighted by Gasteiger charge is -1.98. The first kappa shape index (κ1) is 11.6. The van der Waals surface area contributed by atoms with Gasteiger partial charge in [-0.15, -0.1) is 0 Å². The van der Waals surface area contributed by atoms with E-state index < -0.39 is 0 Å². The molecule has 0 fully saturated rings. The Hall–Kier alpha value is -1.84. The zero-order chi connectivity index (χ0) is 12.6. The molecular formula is C13H16N2O2. The predicted octanol–water partition coefficient (Wildman–Crippen LogP) is 2.36. The first-order valence-corrected chi connectivity index (χ1v) is 5.56. The van der Waals surface area contributed by atoms with Gasteiger partial charge in [0.1, 0.15) is 11.5 Å².